The third-order valence-electron chi connectivity index (χ3n) is 2.04. The molecule has 0 aromatic carbocycles. The fourth-order valence-corrected chi connectivity index (χ4v) is 2.67. The number of carboxylic acid groups (broad SMARTS) is 1. The standard InChI is InChI=1S/C10H9BrN2O2S/c11-7-3-9(16-5-7)8-4-13(6-12-8)2-1-10(14)15/h3-6H,1-2H2,(H,14,15). The number of thiophene rings is 1. The number of aromatic nitrogens is 2. The van der Waals surface area contributed by atoms with Crippen molar-refractivity contribution in [2.75, 3.05) is 0 Å². The number of rotatable bonds is 4. The maximum absolute atomic E-state index is 10.4. The van der Waals surface area contributed by atoms with Crippen molar-refractivity contribution < 1.29 is 9.90 Å². The zero-order valence-electron chi connectivity index (χ0n) is 8.26. The van der Waals surface area contributed by atoms with Gasteiger partial charge in [-0.2, -0.15) is 0 Å². The van der Waals surface area contributed by atoms with Crippen LogP contribution in [0.4, 0.5) is 0 Å². The Balaban J connectivity index is 2.10. The summed E-state index contributed by atoms with van der Waals surface area (Å²) in [5.41, 5.74) is 0.876. The molecular weight excluding hydrogens is 292 g/mol. The lowest BCUT2D eigenvalue weighted by Crippen LogP contribution is -2.02. The Bertz CT molecular complexity index is 506. The monoisotopic (exact) mass is 300 g/mol. The fraction of sp³-hybridized carbons (Fsp3) is 0.200. The molecule has 0 radical (unpaired) electrons. The number of halogens is 1. The van der Waals surface area contributed by atoms with Crippen LogP contribution in [-0.4, -0.2) is 20.6 Å². The van der Waals surface area contributed by atoms with Gasteiger partial charge in [0.15, 0.2) is 0 Å². The number of hydrogen-bond donors (Lipinski definition) is 1. The van der Waals surface area contributed by atoms with Crippen molar-refractivity contribution in [3.05, 3.63) is 28.4 Å². The average molecular weight is 301 g/mol. The number of hydrogen-bond acceptors (Lipinski definition) is 3. The van der Waals surface area contributed by atoms with Crippen molar-refractivity contribution in [1.29, 1.82) is 0 Å². The van der Waals surface area contributed by atoms with Crippen LogP contribution >= 0.6 is 27.3 Å². The quantitative estimate of drug-likeness (QED) is 0.944. The van der Waals surface area contributed by atoms with Gasteiger partial charge in [-0.15, -0.1) is 11.3 Å². The normalized spacial score (nSPS) is 10.6. The Labute approximate surface area is 105 Å². The maximum Gasteiger partial charge on any atom is 0.305 e. The van der Waals surface area contributed by atoms with Gasteiger partial charge in [0.1, 0.15) is 0 Å². The predicted octanol–water partition coefficient (Wildman–Crippen LogP) is 2.85. The van der Waals surface area contributed by atoms with Crippen molar-refractivity contribution in [3.63, 3.8) is 0 Å². The summed E-state index contributed by atoms with van der Waals surface area (Å²) in [6.45, 7) is 0.453. The van der Waals surface area contributed by atoms with E-state index in [1.165, 1.54) is 0 Å². The lowest BCUT2D eigenvalue weighted by molar-refractivity contribution is -0.137. The summed E-state index contributed by atoms with van der Waals surface area (Å²) in [6, 6.07) is 1.99. The number of carboxylic acids is 1. The molecule has 0 aliphatic rings. The number of aryl methyl sites for hydroxylation is 1. The highest BCUT2D eigenvalue weighted by Gasteiger charge is 2.05. The predicted molar refractivity (Wildman–Crippen MR) is 65.5 cm³/mol. The summed E-state index contributed by atoms with van der Waals surface area (Å²) in [6.07, 6.45) is 3.64. The molecule has 0 atom stereocenters. The summed E-state index contributed by atoms with van der Waals surface area (Å²) in [5, 5.41) is 10.6. The van der Waals surface area contributed by atoms with E-state index in [1.54, 1.807) is 22.2 Å². The van der Waals surface area contributed by atoms with Crippen molar-refractivity contribution in [2.45, 2.75) is 13.0 Å². The van der Waals surface area contributed by atoms with Crippen LogP contribution in [0.3, 0.4) is 0 Å². The van der Waals surface area contributed by atoms with Gasteiger partial charge in [-0.05, 0) is 22.0 Å². The molecular formula is C10H9BrN2O2S. The second kappa shape index (κ2) is 4.80. The molecule has 0 aliphatic heterocycles. The van der Waals surface area contributed by atoms with Crippen LogP contribution in [0.25, 0.3) is 10.6 Å². The molecule has 16 heavy (non-hydrogen) atoms. The molecule has 84 valence electrons. The smallest absolute Gasteiger partial charge is 0.305 e. The van der Waals surface area contributed by atoms with Gasteiger partial charge in [0.05, 0.1) is 23.3 Å². The molecule has 0 aliphatic carbocycles. The minimum absolute atomic E-state index is 0.115. The van der Waals surface area contributed by atoms with E-state index in [-0.39, 0.29) is 6.42 Å². The lowest BCUT2D eigenvalue weighted by atomic mass is 10.4. The first-order valence-corrected chi connectivity index (χ1v) is 6.30. The molecule has 0 spiro atoms. The zero-order chi connectivity index (χ0) is 11.5. The molecule has 0 saturated carbocycles. The topological polar surface area (TPSA) is 55.1 Å². The molecule has 1 N–H and O–H groups in total. The van der Waals surface area contributed by atoms with Gasteiger partial charge in [-0.25, -0.2) is 4.98 Å². The van der Waals surface area contributed by atoms with E-state index in [2.05, 4.69) is 20.9 Å². The van der Waals surface area contributed by atoms with E-state index in [9.17, 15) is 4.79 Å². The summed E-state index contributed by atoms with van der Waals surface area (Å²) >= 11 is 4.99. The SMILES string of the molecule is O=C(O)CCn1cnc(-c2cc(Br)cs2)c1. The minimum atomic E-state index is -0.797. The Kier molecular flexibility index (Phi) is 3.40. The van der Waals surface area contributed by atoms with E-state index in [0.717, 1.165) is 15.0 Å². The number of carbonyl (C=O) groups is 1. The number of aliphatic carboxylic acids is 1. The first-order chi connectivity index (χ1) is 7.65. The van der Waals surface area contributed by atoms with Crippen LogP contribution in [0.15, 0.2) is 28.4 Å². The van der Waals surface area contributed by atoms with E-state index >= 15 is 0 Å². The third kappa shape index (κ3) is 2.70. The molecule has 0 fully saturated rings. The van der Waals surface area contributed by atoms with Crippen LogP contribution < -0.4 is 0 Å². The van der Waals surface area contributed by atoms with Crippen LogP contribution in [0, 0.1) is 0 Å². The van der Waals surface area contributed by atoms with E-state index < -0.39 is 5.97 Å². The Morgan fingerprint density at radius 3 is 3.06 bits per heavy atom. The molecule has 2 heterocycles. The summed E-state index contributed by atoms with van der Waals surface area (Å²) in [7, 11) is 0. The van der Waals surface area contributed by atoms with Gasteiger partial charge < -0.3 is 9.67 Å². The van der Waals surface area contributed by atoms with E-state index in [1.807, 2.05) is 17.6 Å². The first kappa shape index (κ1) is 11.3. The van der Waals surface area contributed by atoms with Gasteiger partial charge in [-0.1, -0.05) is 0 Å². The number of nitrogens with zero attached hydrogens (tertiary/aromatic N) is 2. The van der Waals surface area contributed by atoms with Crippen LogP contribution in [0.5, 0.6) is 0 Å². The Morgan fingerprint density at radius 2 is 2.44 bits per heavy atom. The maximum atomic E-state index is 10.4. The second-order valence-corrected chi connectivity index (χ2v) is 5.10. The molecule has 6 heteroatoms. The number of imidazole rings is 1. The lowest BCUT2D eigenvalue weighted by Gasteiger charge is -1.96. The molecule has 2 aromatic rings. The van der Waals surface area contributed by atoms with E-state index in [0.29, 0.717) is 6.54 Å². The molecule has 2 rings (SSSR count). The van der Waals surface area contributed by atoms with Crippen LogP contribution in [0.2, 0.25) is 0 Å². The molecule has 0 saturated heterocycles. The summed E-state index contributed by atoms with van der Waals surface area (Å²) < 4.78 is 2.82. The molecule has 0 amide bonds. The largest absolute Gasteiger partial charge is 0.481 e. The minimum Gasteiger partial charge on any atom is -0.481 e. The average Bonchev–Trinajstić information content (AvgIpc) is 2.83. The van der Waals surface area contributed by atoms with Gasteiger partial charge in [-0.3, -0.25) is 4.79 Å². The highest BCUT2D eigenvalue weighted by atomic mass is 79.9. The van der Waals surface area contributed by atoms with Crippen LogP contribution in [-0.2, 0) is 11.3 Å². The van der Waals surface area contributed by atoms with Crippen molar-refractivity contribution in [1.82, 2.24) is 9.55 Å². The van der Waals surface area contributed by atoms with Crippen molar-refractivity contribution in [3.8, 4) is 10.6 Å². The van der Waals surface area contributed by atoms with Gasteiger partial charge >= 0.3 is 5.97 Å². The molecule has 4 nitrogen and oxygen atoms in total. The summed E-state index contributed by atoms with van der Waals surface area (Å²) in [5.74, 6) is -0.797. The first-order valence-electron chi connectivity index (χ1n) is 4.63. The Morgan fingerprint density at radius 1 is 1.62 bits per heavy atom. The van der Waals surface area contributed by atoms with Gasteiger partial charge in [0, 0.05) is 22.6 Å². The van der Waals surface area contributed by atoms with Gasteiger partial charge in [0.25, 0.3) is 0 Å². The third-order valence-corrected chi connectivity index (χ3v) is 3.75. The van der Waals surface area contributed by atoms with Crippen molar-refractivity contribution >= 4 is 33.2 Å². The van der Waals surface area contributed by atoms with Crippen molar-refractivity contribution in [2.24, 2.45) is 0 Å². The van der Waals surface area contributed by atoms with Crippen LogP contribution in [0.1, 0.15) is 6.42 Å². The van der Waals surface area contributed by atoms with E-state index in [4.69, 9.17) is 5.11 Å². The highest BCUT2D eigenvalue weighted by Crippen LogP contribution is 2.28. The molecule has 0 bridgehead atoms. The van der Waals surface area contributed by atoms with Gasteiger partial charge in [0.2, 0.25) is 0 Å². The molecule has 2 aromatic heterocycles. The zero-order valence-corrected chi connectivity index (χ0v) is 10.7. The summed E-state index contributed by atoms with van der Waals surface area (Å²) in [4.78, 5) is 15.7. The fourth-order valence-electron chi connectivity index (χ4n) is 1.28. The molecule has 0 unspecified atom stereocenters. The Hall–Kier alpha value is -1.14. The highest BCUT2D eigenvalue weighted by molar-refractivity contribution is 9.10. The second-order valence-electron chi connectivity index (χ2n) is 3.27.